The number of piperidine rings is 1. The summed E-state index contributed by atoms with van der Waals surface area (Å²) in [4.78, 5) is 28.2. The van der Waals surface area contributed by atoms with Gasteiger partial charge in [0.1, 0.15) is 5.60 Å². The van der Waals surface area contributed by atoms with E-state index >= 15 is 0 Å². The molecule has 1 saturated carbocycles. The van der Waals surface area contributed by atoms with Gasteiger partial charge in [0.25, 0.3) is 5.91 Å². The molecular weight excluding hydrogens is 352 g/mol. The van der Waals surface area contributed by atoms with Crippen molar-refractivity contribution in [2.24, 2.45) is 0 Å². The lowest BCUT2D eigenvalue weighted by atomic mass is 9.89. The Kier molecular flexibility index (Phi) is 7.50. The summed E-state index contributed by atoms with van der Waals surface area (Å²) in [6, 6.07) is 8.45. The van der Waals surface area contributed by atoms with Gasteiger partial charge in [0.15, 0.2) is 0 Å². The zero-order valence-electron chi connectivity index (χ0n) is 18.3. The van der Waals surface area contributed by atoms with E-state index < -0.39 is 5.60 Å². The van der Waals surface area contributed by atoms with Crippen molar-refractivity contribution in [1.82, 2.24) is 9.80 Å². The van der Waals surface area contributed by atoms with Gasteiger partial charge in [-0.25, -0.2) is 4.79 Å². The summed E-state index contributed by atoms with van der Waals surface area (Å²) in [5, 5.41) is 0. The molecule has 1 aromatic rings. The molecule has 5 heteroatoms. The van der Waals surface area contributed by atoms with Crippen molar-refractivity contribution in [3.63, 3.8) is 0 Å². The van der Waals surface area contributed by atoms with Gasteiger partial charge in [0, 0.05) is 31.7 Å². The summed E-state index contributed by atoms with van der Waals surface area (Å²) in [5.74, 6) is 0.540. The second-order valence-electron chi connectivity index (χ2n) is 8.51. The number of ether oxygens (including phenoxy) is 1. The van der Waals surface area contributed by atoms with Crippen LogP contribution in [0, 0.1) is 0 Å². The number of amides is 2. The average molecular weight is 389 g/mol. The van der Waals surface area contributed by atoms with E-state index in [0.29, 0.717) is 25.0 Å². The van der Waals surface area contributed by atoms with Crippen molar-refractivity contribution in [2.75, 3.05) is 20.1 Å². The van der Waals surface area contributed by atoms with Crippen LogP contribution in [0.3, 0.4) is 0 Å². The van der Waals surface area contributed by atoms with Crippen molar-refractivity contribution >= 4 is 12.0 Å². The molecule has 1 saturated heterocycles. The van der Waals surface area contributed by atoms with E-state index in [2.05, 4.69) is 12.1 Å². The Balaban J connectivity index is 0.00000136. The zero-order chi connectivity index (χ0) is 20.9. The monoisotopic (exact) mass is 388 g/mol. The lowest BCUT2D eigenvalue weighted by Crippen LogP contribution is -2.41. The zero-order valence-corrected chi connectivity index (χ0v) is 18.3. The predicted molar refractivity (Wildman–Crippen MR) is 113 cm³/mol. The van der Waals surface area contributed by atoms with Crippen LogP contribution in [0.1, 0.15) is 82.1 Å². The summed E-state index contributed by atoms with van der Waals surface area (Å²) in [7, 11) is 1.89. The largest absolute Gasteiger partial charge is 0.444 e. The Morgan fingerprint density at radius 3 is 2.00 bits per heavy atom. The minimum absolute atomic E-state index is 0.110. The molecule has 1 aliphatic carbocycles. The third-order valence-corrected chi connectivity index (χ3v) is 5.19. The van der Waals surface area contributed by atoms with Gasteiger partial charge in [-0.05, 0) is 70.1 Å². The normalized spacial score (nSPS) is 17.4. The van der Waals surface area contributed by atoms with Gasteiger partial charge in [0.2, 0.25) is 0 Å². The van der Waals surface area contributed by atoms with E-state index in [1.807, 2.05) is 58.7 Å². The van der Waals surface area contributed by atoms with E-state index in [4.69, 9.17) is 4.74 Å². The van der Waals surface area contributed by atoms with E-state index in [-0.39, 0.29) is 12.0 Å². The third kappa shape index (κ3) is 5.98. The maximum absolute atomic E-state index is 12.4. The Labute approximate surface area is 170 Å². The van der Waals surface area contributed by atoms with Crippen LogP contribution in [0.4, 0.5) is 4.79 Å². The maximum Gasteiger partial charge on any atom is 0.410 e. The average Bonchev–Trinajstić information content (AvgIpc) is 3.53. The molecule has 0 atom stereocenters. The standard InChI is InChI=1S/C21H30N2O3.C2H6/c1-21(2,3)26-20(25)23-13-11-16(12-14-23)15-5-7-17(8-6-15)19(24)22(4)18-9-10-18;1-2/h5-8,16,18H,9-14H2,1-4H3;1-2H3. The molecule has 1 aliphatic heterocycles. The fourth-order valence-corrected chi connectivity index (χ4v) is 3.45. The molecule has 0 radical (unpaired) electrons. The first-order valence-electron chi connectivity index (χ1n) is 10.6. The van der Waals surface area contributed by atoms with Crippen LogP contribution in [0.25, 0.3) is 0 Å². The van der Waals surface area contributed by atoms with Crippen molar-refractivity contribution in [1.29, 1.82) is 0 Å². The van der Waals surface area contributed by atoms with Gasteiger partial charge in [-0.2, -0.15) is 0 Å². The molecular formula is C23H36N2O3. The highest BCUT2D eigenvalue weighted by molar-refractivity contribution is 5.94. The molecule has 0 bridgehead atoms. The Morgan fingerprint density at radius 2 is 1.54 bits per heavy atom. The molecule has 1 aromatic carbocycles. The number of likely N-dealkylation sites (tertiary alicyclic amines) is 1. The Hall–Kier alpha value is -2.04. The van der Waals surface area contributed by atoms with Gasteiger partial charge in [-0.1, -0.05) is 26.0 Å². The summed E-state index contributed by atoms with van der Waals surface area (Å²) >= 11 is 0. The molecule has 0 aromatic heterocycles. The van der Waals surface area contributed by atoms with E-state index in [1.165, 1.54) is 5.56 Å². The highest BCUT2D eigenvalue weighted by Gasteiger charge is 2.30. The molecule has 2 amide bonds. The summed E-state index contributed by atoms with van der Waals surface area (Å²) in [6.07, 6.45) is 3.87. The topological polar surface area (TPSA) is 49.9 Å². The number of benzene rings is 1. The smallest absolute Gasteiger partial charge is 0.410 e. The molecule has 28 heavy (non-hydrogen) atoms. The van der Waals surface area contributed by atoms with Gasteiger partial charge < -0.3 is 14.5 Å². The minimum atomic E-state index is -0.454. The molecule has 0 spiro atoms. The third-order valence-electron chi connectivity index (χ3n) is 5.19. The van der Waals surface area contributed by atoms with Crippen LogP contribution in [0.5, 0.6) is 0 Å². The van der Waals surface area contributed by atoms with Crippen LogP contribution < -0.4 is 0 Å². The van der Waals surface area contributed by atoms with Gasteiger partial charge in [-0.3, -0.25) is 4.79 Å². The Morgan fingerprint density at radius 1 is 1.00 bits per heavy atom. The Bertz CT molecular complexity index is 651. The molecule has 0 unspecified atom stereocenters. The molecule has 0 N–H and O–H groups in total. The summed E-state index contributed by atoms with van der Waals surface area (Å²) < 4.78 is 5.45. The fraction of sp³-hybridized carbons (Fsp3) is 0.652. The molecule has 3 rings (SSSR count). The lowest BCUT2D eigenvalue weighted by Gasteiger charge is -2.33. The van der Waals surface area contributed by atoms with Crippen molar-refractivity contribution < 1.29 is 14.3 Å². The number of nitrogens with zero attached hydrogens (tertiary/aromatic N) is 2. The van der Waals surface area contributed by atoms with Crippen molar-refractivity contribution in [3.8, 4) is 0 Å². The van der Waals surface area contributed by atoms with E-state index in [9.17, 15) is 9.59 Å². The van der Waals surface area contributed by atoms with E-state index in [1.54, 1.807) is 4.90 Å². The lowest BCUT2D eigenvalue weighted by molar-refractivity contribution is 0.0204. The highest BCUT2D eigenvalue weighted by Crippen LogP contribution is 2.30. The van der Waals surface area contributed by atoms with Crippen molar-refractivity contribution in [2.45, 2.75) is 77.9 Å². The van der Waals surface area contributed by atoms with Gasteiger partial charge in [-0.15, -0.1) is 0 Å². The summed E-state index contributed by atoms with van der Waals surface area (Å²) in [6.45, 7) is 11.1. The predicted octanol–water partition coefficient (Wildman–Crippen LogP) is 5.06. The maximum atomic E-state index is 12.4. The molecule has 156 valence electrons. The molecule has 1 heterocycles. The quantitative estimate of drug-likeness (QED) is 0.727. The van der Waals surface area contributed by atoms with Gasteiger partial charge in [0.05, 0.1) is 0 Å². The number of hydrogen-bond donors (Lipinski definition) is 0. The van der Waals surface area contributed by atoms with Crippen LogP contribution in [0.15, 0.2) is 24.3 Å². The minimum Gasteiger partial charge on any atom is -0.444 e. The second kappa shape index (κ2) is 9.44. The van der Waals surface area contributed by atoms with Crippen molar-refractivity contribution in [3.05, 3.63) is 35.4 Å². The van der Waals surface area contributed by atoms with Gasteiger partial charge >= 0.3 is 6.09 Å². The number of carbonyl (C=O) groups excluding carboxylic acids is 2. The highest BCUT2D eigenvalue weighted by atomic mass is 16.6. The molecule has 5 nitrogen and oxygen atoms in total. The first-order valence-corrected chi connectivity index (χ1v) is 10.6. The number of hydrogen-bond acceptors (Lipinski definition) is 3. The second-order valence-corrected chi connectivity index (χ2v) is 8.51. The van der Waals surface area contributed by atoms with Crippen LogP contribution in [0.2, 0.25) is 0 Å². The van der Waals surface area contributed by atoms with Crippen LogP contribution >= 0.6 is 0 Å². The molecule has 2 aliphatic rings. The fourth-order valence-electron chi connectivity index (χ4n) is 3.45. The first-order chi connectivity index (χ1) is 13.2. The van der Waals surface area contributed by atoms with Crippen LogP contribution in [-0.4, -0.2) is 53.6 Å². The first kappa shape index (κ1) is 22.3. The molecule has 2 fully saturated rings. The number of rotatable bonds is 3. The summed E-state index contributed by atoms with van der Waals surface area (Å²) in [5.41, 5.74) is 1.55. The SMILES string of the molecule is CC.CN(C(=O)c1ccc(C2CCN(C(=O)OC(C)(C)C)CC2)cc1)C1CC1. The number of carbonyl (C=O) groups is 2. The van der Waals surface area contributed by atoms with E-state index in [0.717, 1.165) is 31.2 Å². The van der Waals surface area contributed by atoms with Crippen LogP contribution in [-0.2, 0) is 4.74 Å².